The Bertz CT molecular complexity index is 1370. The summed E-state index contributed by atoms with van der Waals surface area (Å²) in [5, 5.41) is 11.3. The molecule has 7 heteroatoms. The predicted molar refractivity (Wildman–Crippen MR) is 141 cm³/mol. The van der Waals surface area contributed by atoms with Gasteiger partial charge in [-0.05, 0) is 42.0 Å². The molecule has 1 aliphatic carbocycles. The highest BCUT2D eigenvalue weighted by Crippen LogP contribution is 2.46. The smallest absolute Gasteiger partial charge is 0.331 e. The van der Waals surface area contributed by atoms with Crippen molar-refractivity contribution >= 4 is 23.2 Å². The van der Waals surface area contributed by atoms with Crippen molar-refractivity contribution in [2.75, 3.05) is 0 Å². The van der Waals surface area contributed by atoms with E-state index in [1.54, 1.807) is 11.8 Å². The molecule has 5 rings (SSSR count). The second kappa shape index (κ2) is 9.90. The maximum Gasteiger partial charge on any atom is 0.331 e. The van der Waals surface area contributed by atoms with Crippen molar-refractivity contribution in [1.82, 2.24) is 9.55 Å². The number of benzene rings is 2. The van der Waals surface area contributed by atoms with E-state index < -0.39 is 11.2 Å². The minimum absolute atomic E-state index is 0.00692. The molecule has 182 valence electrons. The van der Waals surface area contributed by atoms with Gasteiger partial charge in [0.2, 0.25) is 5.88 Å². The normalized spacial score (nSPS) is 18.7. The van der Waals surface area contributed by atoms with E-state index in [2.05, 4.69) is 43.1 Å². The van der Waals surface area contributed by atoms with Gasteiger partial charge >= 0.3 is 5.69 Å². The lowest BCUT2D eigenvalue weighted by Gasteiger charge is -2.25. The van der Waals surface area contributed by atoms with Crippen molar-refractivity contribution < 1.29 is 5.11 Å². The number of aromatic amines is 1. The summed E-state index contributed by atoms with van der Waals surface area (Å²) in [4.78, 5) is 34.2. The van der Waals surface area contributed by atoms with Crippen LogP contribution in [0.15, 0.2) is 68.0 Å². The lowest BCUT2D eigenvalue weighted by Crippen LogP contribution is -2.36. The Balaban J connectivity index is 1.62. The van der Waals surface area contributed by atoms with E-state index >= 15 is 0 Å². The quantitative estimate of drug-likeness (QED) is 0.455. The fourth-order valence-electron chi connectivity index (χ4n) is 5.13. The molecule has 0 amide bonds. The maximum absolute atomic E-state index is 13.1. The molecule has 1 fully saturated rings. The zero-order valence-electron chi connectivity index (χ0n) is 20.2. The number of fused-ring (bicyclic) bond motifs is 1. The van der Waals surface area contributed by atoms with E-state index in [1.165, 1.54) is 10.1 Å². The summed E-state index contributed by atoms with van der Waals surface area (Å²) in [6, 6.07) is 16.4. The Kier molecular flexibility index (Phi) is 6.69. The molecule has 1 atom stereocenters. The number of nitrogens with one attached hydrogen (secondary N) is 1. The van der Waals surface area contributed by atoms with E-state index in [-0.39, 0.29) is 22.7 Å². The van der Waals surface area contributed by atoms with Crippen LogP contribution in [-0.2, 0) is 0 Å². The second-order valence-electron chi connectivity index (χ2n) is 9.78. The second-order valence-corrected chi connectivity index (χ2v) is 11.0. The van der Waals surface area contributed by atoms with Crippen molar-refractivity contribution in [2.24, 2.45) is 4.99 Å². The lowest BCUT2D eigenvalue weighted by molar-refractivity contribution is 0.298. The van der Waals surface area contributed by atoms with Gasteiger partial charge in [0.1, 0.15) is 5.56 Å². The number of rotatable bonds is 4. The molecule has 2 aromatic carbocycles. The number of hydrogen-bond donors (Lipinski definition) is 2. The van der Waals surface area contributed by atoms with Crippen LogP contribution in [0.4, 0.5) is 5.69 Å². The van der Waals surface area contributed by atoms with Gasteiger partial charge in [-0.3, -0.25) is 19.3 Å². The fraction of sp³-hybridized carbons (Fsp3) is 0.393. The zero-order valence-corrected chi connectivity index (χ0v) is 21.0. The number of aromatic nitrogens is 2. The highest BCUT2D eigenvalue weighted by Gasteiger charge is 2.29. The highest BCUT2D eigenvalue weighted by atomic mass is 32.2. The summed E-state index contributed by atoms with van der Waals surface area (Å²) in [5.74, 6) is 0.183. The molecule has 0 bridgehead atoms. The molecule has 2 heterocycles. The van der Waals surface area contributed by atoms with Crippen LogP contribution < -0.4 is 11.2 Å². The number of para-hydroxylation sites is 1. The van der Waals surface area contributed by atoms with Gasteiger partial charge in [-0.2, -0.15) is 0 Å². The minimum atomic E-state index is -0.586. The number of H-pyrrole nitrogens is 1. The van der Waals surface area contributed by atoms with Crippen LogP contribution in [0.2, 0.25) is 0 Å². The highest BCUT2D eigenvalue weighted by molar-refractivity contribution is 7.99. The third kappa shape index (κ3) is 4.74. The van der Waals surface area contributed by atoms with Gasteiger partial charge in [0.05, 0.1) is 11.4 Å². The standard InChI is InChI=1S/C28H31N3O3S/c1-17(2)18-12-14-19(15-13-18)24-16-22(29-21-10-6-7-11-23(21)35-24)25-26(32)30-28(34)31(27(25)33)20-8-4-3-5-9-20/h6-7,10-15,17,20,24,33H,3-5,8-9,16H2,1-2H3,(H,30,32,34). The Morgan fingerprint density at radius 3 is 2.46 bits per heavy atom. The number of hydrogen-bond acceptors (Lipinski definition) is 5. The molecule has 3 aromatic rings. The third-order valence-electron chi connectivity index (χ3n) is 7.09. The lowest BCUT2D eigenvalue weighted by atomic mass is 9.95. The van der Waals surface area contributed by atoms with Crippen molar-refractivity contribution in [3.8, 4) is 5.88 Å². The van der Waals surface area contributed by atoms with E-state index in [1.807, 2.05) is 24.3 Å². The molecular formula is C28H31N3O3S. The van der Waals surface area contributed by atoms with E-state index in [4.69, 9.17) is 4.99 Å². The van der Waals surface area contributed by atoms with E-state index in [9.17, 15) is 14.7 Å². The van der Waals surface area contributed by atoms with Crippen LogP contribution in [0.25, 0.3) is 0 Å². The molecule has 2 N–H and O–H groups in total. The number of aromatic hydroxyl groups is 1. The van der Waals surface area contributed by atoms with Crippen molar-refractivity contribution in [1.29, 1.82) is 0 Å². The molecular weight excluding hydrogens is 458 g/mol. The van der Waals surface area contributed by atoms with Crippen LogP contribution in [0.5, 0.6) is 5.88 Å². The van der Waals surface area contributed by atoms with Crippen LogP contribution in [0, 0.1) is 0 Å². The molecule has 0 saturated heterocycles. The fourth-order valence-corrected chi connectivity index (χ4v) is 6.36. The predicted octanol–water partition coefficient (Wildman–Crippen LogP) is 6.23. The van der Waals surface area contributed by atoms with Crippen LogP contribution in [0.3, 0.4) is 0 Å². The van der Waals surface area contributed by atoms with Gasteiger partial charge in [0.25, 0.3) is 5.56 Å². The molecule has 1 unspecified atom stereocenters. The molecule has 35 heavy (non-hydrogen) atoms. The van der Waals surface area contributed by atoms with Gasteiger partial charge in [0, 0.05) is 22.6 Å². The third-order valence-corrected chi connectivity index (χ3v) is 8.41. The number of aliphatic imine (C=N–C) groups is 1. The van der Waals surface area contributed by atoms with Gasteiger partial charge in [-0.25, -0.2) is 4.79 Å². The summed E-state index contributed by atoms with van der Waals surface area (Å²) in [6.45, 7) is 4.35. The van der Waals surface area contributed by atoms with Crippen molar-refractivity contribution in [2.45, 2.75) is 74.5 Å². The van der Waals surface area contributed by atoms with Gasteiger partial charge in [-0.1, -0.05) is 69.5 Å². The SMILES string of the molecule is CC(C)c1ccc(C2CC(c3c(O)n(C4CCCCC4)c(=O)[nH]c3=O)=Nc3ccccc3S2)cc1. The summed E-state index contributed by atoms with van der Waals surface area (Å²) in [6.07, 6.45) is 5.22. The van der Waals surface area contributed by atoms with Crippen molar-refractivity contribution in [3.63, 3.8) is 0 Å². The summed E-state index contributed by atoms with van der Waals surface area (Å²) >= 11 is 1.71. The molecule has 1 aromatic heterocycles. The number of nitrogens with zero attached hydrogens (tertiary/aromatic N) is 2. The average molecular weight is 490 g/mol. The minimum Gasteiger partial charge on any atom is -0.494 e. The van der Waals surface area contributed by atoms with Crippen LogP contribution in [-0.4, -0.2) is 20.4 Å². The molecule has 2 aliphatic rings. The van der Waals surface area contributed by atoms with E-state index in [0.29, 0.717) is 18.1 Å². The Labute approximate surface area is 209 Å². The molecule has 1 saturated carbocycles. The topological polar surface area (TPSA) is 87.5 Å². The Morgan fingerprint density at radius 1 is 1.03 bits per heavy atom. The van der Waals surface area contributed by atoms with E-state index in [0.717, 1.165) is 48.3 Å². The molecule has 0 radical (unpaired) electrons. The summed E-state index contributed by atoms with van der Waals surface area (Å²) < 4.78 is 1.38. The molecule has 0 spiro atoms. The first kappa shape index (κ1) is 23.7. The summed E-state index contributed by atoms with van der Waals surface area (Å²) in [7, 11) is 0. The molecule has 6 nitrogen and oxygen atoms in total. The van der Waals surface area contributed by atoms with Crippen molar-refractivity contribution in [3.05, 3.63) is 86.1 Å². The zero-order chi connectivity index (χ0) is 24.5. The van der Waals surface area contributed by atoms with Gasteiger partial charge < -0.3 is 5.11 Å². The Hall–Kier alpha value is -3.06. The summed E-state index contributed by atoms with van der Waals surface area (Å²) in [5.41, 5.74) is 2.66. The van der Waals surface area contributed by atoms with Gasteiger partial charge in [-0.15, -0.1) is 11.8 Å². The first-order chi connectivity index (χ1) is 16.9. The maximum atomic E-state index is 13.1. The van der Waals surface area contributed by atoms with Gasteiger partial charge in [0.15, 0.2) is 0 Å². The first-order valence-corrected chi connectivity index (χ1v) is 13.3. The molecule has 1 aliphatic heterocycles. The Morgan fingerprint density at radius 2 is 1.74 bits per heavy atom. The number of thioether (sulfide) groups is 1. The first-order valence-electron chi connectivity index (χ1n) is 12.4. The van der Waals surface area contributed by atoms with Crippen LogP contribution in [0.1, 0.15) is 86.3 Å². The largest absolute Gasteiger partial charge is 0.494 e. The monoisotopic (exact) mass is 489 g/mol. The van der Waals surface area contributed by atoms with Crippen LogP contribution >= 0.6 is 11.8 Å². The average Bonchev–Trinajstić information content (AvgIpc) is 3.04.